The Morgan fingerprint density at radius 3 is 3.14 bits per heavy atom. The molecule has 0 aliphatic carbocycles. The van der Waals surface area contributed by atoms with Gasteiger partial charge in [0.05, 0.1) is 19.0 Å². The van der Waals surface area contributed by atoms with E-state index in [1.165, 1.54) is 0 Å². The molecule has 116 valence electrons. The average Bonchev–Trinajstić information content (AvgIpc) is 2.51. The molecule has 1 N–H and O–H groups in total. The van der Waals surface area contributed by atoms with Crippen LogP contribution in [0, 0.1) is 5.92 Å². The van der Waals surface area contributed by atoms with Crippen LogP contribution in [-0.4, -0.2) is 40.7 Å². The van der Waals surface area contributed by atoms with E-state index in [1.54, 1.807) is 12.4 Å². The fourth-order valence-electron chi connectivity index (χ4n) is 2.60. The van der Waals surface area contributed by atoms with Gasteiger partial charge in [-0.2, -0.15) is 4.98 Å². The summed E-state index contributed by atoms with van der Waals surface area (Å²) in [7, 11) is 0. The largest absolute Gasteiger partial charge is 0.481 e. The average molecular weight is 293 g/mol. The summed E-state index contributed by atoms with van der Waals surface area (Å²) in [4.78, 5) is 21.5. The van der Waals surface area contributed by atoms with Crippen LogP contribution in [0.4, 0.5) is 5.82 Å². The monoisotopic (exact) mass is 293 g/mol. The van der Waals surface area contributed by atoms with Crippen molar-refractivity contribution in [2.75, 3.05) is 24.6 Å². The van der Waals surface area contributed by atoms with Crippen molar-refractivity contribution in [3.05, 3.63) is 12.4 Å². The van der Waals surface area contributed by atoms with Crippen molar-refractivity contribution < 1.29 is 14.6 Å². The lowest BCUT2D eigenvalue weighted by molar-refractivity contribution is -0.137. The number of carboxylic acids is 1. The molecule has 1 fully saturated rings. The van der Waals surface area contributed by atoms with Crippen molar-refractivity contribution >= 4 is 11.8 Å². The van der Waals surface area contributed by atoms with Crippen molar-refractivity contribution in [3.63, 3.8) is 0 Å². The van der Waals surface area contributed by atoms with Crippen LogP contribution >= 0.6 is 0 Å². The summed E-state index contributed by atoms with van der Waals surface area (Å²) in [5.41, 5.74) is 0. The van der Waals surface area contributed by atoms with Crippen molar-refractivity contribution in [1.82, 2.24) is 9.97 Å². The van der Waals surface area contributed by atoms with E-state index in [0.717, 1.165) is 44.6 Å². The van der Waals surface area contributed by atoms with Crippen LogP contribution in [0.3, 0.4) is 0 Å². The van der Waals surface area contributed by atoms with Crippen LogP contribution in [0.5, 0.6) is 5.88 Å². The Morgan fingerprint density at radius 2 is 2.38 bits per heavy atom. The van der Waals surface area contributed by atoms with Crippen LogP contribution in [0.1, 0.15) is 39.0 Å². The fraction of sp³-hybridized carbons (Fsp3) is 0.667. The Hall–Kier alpha value is -1.85. The lowest BCUT2D eigenvalue weighted by Crippen LogP contribution is -2.36. The molecule has 0 saturated carbocycles. The molecule has 1 unspecified atom stereocenters. The minimum Gasteiger partial charge on any atom is -0.481 e. The Morgan fingerprint density at radius 1 is 1.52 bits per heavy atom. The molecule has 1 aliphatic heterocycles. The number of ether oxygens (including phenoxy) is 1. The predicted molar refractivity (Wildman–Crippen MR) is 79.6 cm³/mol. The normalized spacial score (nSPS) is 18.5. The molecule has 1 aromatic heterocycles. The summed E-state index contributed by atoms with van der Waals surface area (Å²) >= 11 is 0. The number of aliphatic carboxylic acids is 1. The zero-order valence-electron chi connectivity index (χ0n) is 12.5. The number of nitrogens with zero attached hydrogens (tertiary/aromatic N) is 3. The van der Waals surface area contributed by atoms with Gasteiger partial charge in [0.1, 0.15) is 0 Å². The fourth-order valence-corrected chi connectivity index (χ4v) is 2.60. The molecule has 1 saturated heterocycles. The van der Waals surface area contributed by atoms with Crippen LogP contribution in [-0.2, 0) is 4.79 Å². The molecule has 6 nitrogen and oxygen atoms in total. The van der Waals surface area contributed by atoms with E-state index in [2.05, 4.69) is 21.8 Å². The molecular formula is C15H23N3O3. The number of anilines is 1. The van der Waals surface area contributed by atoms with Gasteiger partial charge >= 0.3 is 5.97 Å². The number of rotatable bonds is 7. The molecule has 0 amide bonds. The third kappa shape index (κ3) is 4.88. The van der Waals surface area contributed by atoms with Gasteiger partial charge < -0.3 is 14.7 Å². The highest BCUT2D eigenvalue weighted by Crippen LogP contribution is 2.25. The van der Waals surface area contributed by atoms with Gasteiger partial charge in [0, 0.05) is 19.5 Å². The van der Waals surface area contributed by atoms with Gasteiger partial charge in [0.2, 0.25) is 5.88 Å². The maximum atomic E-state index is 10.7. The van der Waals surface area contributed by atoms with Crippen molar-refractivity contribution in [1.29, 1.82) is 0 Å². The first-order chi connectivity index (χ1) is 10.2. The van der Waals surface area contributed by atoms with Crippen molar-refractivity contribution in [2.45, 2.75) is 39.0 Å². The third-order valence-corrected chi connectivity index (χ3v) is 3.66. The Bertz CT molecular complexity index is 467. The second-order valence-corrected chi connectivity index (χ2v) is 5.45. The van der Waals surface area contributed by atoms with Crippen LogP contribution in [0.15, 0.2) is 12.4 Å². The lowest BCUT2D eigenvalue weighted by atomic mass is 9.93. The highest BCUT2D eigenvalue weighted by molar-refractivity contribution is 5.66. The second-order valence-electron chi connectivity index (χ2n) is 5.45. The van der Waals surface area contributed by atoms with Crippen molar-refractivity contribution in [2.24, 2.45) is 5.92 Å². The molecule has 1 atom stereocenters. The molecule has 0 radical (unpaired) electrons. The van der Waals surface area contributed by atoms with E-state index in [1.807, 2.05) is 0 Å². The highest BCUT2D eigenvalue weighted by Gasteiger charge is 2.22. The Labute approximate surface area is 125 Å². The van der Waals surface area contributed by atoms with Gasteiger partial charge in [-0.25, -0.2) is 0 Å². The molecule has 6 heteroatoms. The topological polar surface area (TPSA) is 75.5 Å². The predicted octanol–water partition coefficient (Wildman–Crippen LogP) is 2.35. The number of aromatic nitrogens is 2. The summed E-state index contributed by atoms with van der Waals surface area (Å²) in [6.45, 7) is 4.48. The number of carboxylic acid groups (broad SMARTS) is 1. The minimum atomic E-state index is -0.720. The first kappa shape index (κ1) is 15.5. The summed E-state index contributed by atoms with van der Waals surface area (Å²) < 4.78 is 5.51. The van der Waals surface area contributed by atoms with Gasteiger partial charge in [-0.1, -0.05) is 6.92 Å². The summed E-state index contributed by atoms with van der Waals surface area (Å²) in [5, 5.41) is 8.79. The summed E-state index contributed by atoms with van der Waals surface area (Å²) in [5.74, 6) is 1.07. The van der Waals surface area contributed by atoms with E-state index in [-0.39, 0.29) is 6.42 Å². The molecule has 0 aromatic carbocycles. The smallest absolute Gasteiger partial charge is 0.303 e. The van der Waals surface area contributed by atoms with Crippen molar-refractivity contribution in [3.8, 4) is 5.88 Å². The van der Waals surface area contributed by atoms with Gasteiger partial charge in [-0.05, 0) is 31.6 Å². The third-order valence-electron chi connectivity index (χ3n) is 3.66. The van der Waals surface area contributed by atoms with E-state index < -0.39 is 5.97 Å². The minimum absolute atomic E-state index is 0.240. The molecule has 1 aliphatic rings. The number of hydrogen-bond acceptors (Lipinski definition) is 5. The summed E-state index contributed by atoms with van der Waals surface area (Å²) in [6.07, 6.45) is 7.43. The molecule has 2 rings (SSSR count). The first-order valence-electron chi connectivity index (χ1n) is 7.60. The standard InChI is InChI=1S/C15H23N3O3/c1-2-8-21-14-10-16-9-13(17-14)18-7-3-4-12(11-18)5-6-15(19)20/h9-10,12H,2-8,11H2,1H3,(H,19,20). The Kier molecular flexibility index (Phi) is 5.78. The van der Waals surface area contributed by atoms with E-state index >= 15 is 0 Å². The molecule has 2 heterocycles. The maximum absolute atomic E-state index is 10.7. The van der Waals surface area contributed by atoms with Gasteiger partial charge in [0.15, 0.2) is 5.82 Å². The summed E-state index contributed by atoms with van der Waals surface area (Å²) in [6, 6.07) is 0. The molecule has 0 spiro atoms. The van der Waals surface area contributed by atoms with Gasteiger partial charge in [0.25, 0.3) is 0 Å². The SMILES string of the molecule is CCCOc1cncc(N2CCCC(CCC(=O)O)C2)n1. The van der Waals surface area contributed by atoms with Crippen LogP contribution < -0.4 is 9.64 Å². The van der Waals surface area contributed by atoms with Crippen LogP contribution in [0.25, 0.3) is 0 Å². The van der Waals surface area contributed by atoms with Gasteiger partial charge in [-0.15, -0.1) is 0 Å². The van der Waals surface area contributed by atoms with E-state index in [0.29, 0.717) is 18.4 Å². The van der Waals surface area contributed by atoms with Crippen LogP contribution in [0.2, 0.25) is 0 Å². The molecular weight excluding hydrogens is 270 g/mol. The maximum Gasteiger partial charge on any atom is 0.303 e. The Balaban J connectivity index is 1.95. The van der Waals surface area contributed by atoms with E-state index in [4.69, 9.17) is 9.84 Å². The van der Waals surface area contributed by atoms with Gasteiger partial charge in [-0.3, -0.25) is 9.78 Å². The second kappa shape index (κ2) is 7.81. The molecule has 1 aromatic rings. The quantitative estimate of drug-likeness (QED) is 0.831. The zero-order chi connectivity index (χ0) is 15.1. The number of hydrogen-bond donors (Lipinski definition) is 1. The van der Waals surface area contributed by atoms with E-state index in [9.17, 15) is 4.79 Å². The number of piperidine rings is 1. The first-order valence-corrected chi connectivity index (χ1v) is 7.60. The lowest BCUT2D eigenvalue weighted by Gasteiger charge is -2.33. The zero-order valence-corrected chi connectivity index (χ0v) is 12.5. The molecule has 21 heavy (non-hydrogen) atoms. The molecule has 0 bridgehead atoms. The highest BCUT2D eigenvalue weighted by atomic mass is 16.5. The number of carbonyl (C=O) groups is 1.